The minimum absolute atomic E-state index is 0.0538. The van der Waals surface area contributed by atoms with E-state index < -0.39 is 0 Å². The van der Waals surface area contributed by atoms with Crippen LogP contribution in [0, 0.1) is 0 Å². The van der Waals surface area contributed by atoms with Crippen molar-refractivity contribution in [1.29, 1.82) is 0 Å². The Bertz CT molecular complexity index is 1230. The highest BCUT2D eigenvalue weighted by Gasteiger charge is 2.33. The molecule has 1 atom stereocenters. The van der Waals surface area contributed by atoms with Crippen molar-refractivity contribution in [3.05, 3.63) is 66.4 Å². The largest absolute Gasteiger partial charge is 0.332 e. The van der Waals surface area contributed by atoms with E-state index >= 15 is 0 Å². The summed E-state index contributed by atoms with van der Waals surface area (Å²) in [6, 6.07) is 14.1. The van der Waals surface area contributed by atoms with Crippen LogP contribution in [0.3, 0.4) is 0 Å². The number of fused-ring (bicyclic) bond motifs is 1. The number of nitrogens with zero attached hydrogens (tertiary/aromatic N) is 7. The average molecular weight is 448 g/mol. The molecule has 1 aliphatic heterocycles. The number of likely N-dealkylation sites (tertiary alicyclic amines) is 1. The highest BCUT2D eigenvalue weighted by Crippen LogP contribution is 2.32. The molecule has 8 nitrogen and oxygen atoms in total. The second-order valence-electron chi connectivity index (χ2n) is 8.25. The van der Waals surface area contributed by atoms with Gasteiger partial charge in [0.15, 0.2) is 16.6 Å². The average Bonchev–Trinajstić information content (AvgIpc) is 3.56. The molecule has 5 rings (SSSR count). The highest BCUT2D eigenvalue weighted by atomic mass is 32.2. The van der Waals surface area contributed by atoms with E-state index in [0.717, 1.165) is 36.5 Å². The normalized spacial score (nSPS) is 16.3. The molecule has 4 heterocycles. The summed E-state index contributed by atoms with van der Waals surface area (Å²) in [6.45, 7) is 5.08. The molecule has 4 aromatic rings. The van der Waals surface area contributed by atoms with Gasteiger partial charge in [-0.2, -0.15) is 0 Å². The third-order valence-corrected chi connectivity index (χ3v) is 6.82. The molecule has 0 aliphatic carbocycles. The number of amides is 1. The molecule has 0 bridgehead atoms. The Morgan fingerprint density at radius 3 is 2.78 bits per heavy atom. The maximum Gasteiger partial charge on any atom is 0.233 e. The molecule has 32 heavy (non-hydrogen) atoms. The van der Waals surface area contributed by atoms with Gasteiger partial charge in [-0.3, -0.25) is 13.8 Å². The number of carbonyl (C=O) groups is 1. The Labute approximate surface area is 190 Å². The monoisotopic (exact) mass is 447 g/mol. The summed E-state index contributed by atoms with van der Waals surface area (Å²) in [6.07, 6.45) is 5.50. The van der Waals surface area contributed by atoms with Crippen LogP contribution in [-0.4, -0.2) is 52.5 Å². The smallest absolute Gasteiger partial charge is 0.233 e. The van der Waals surface area contributed by atoms with Crippen molar-refractivity contribution in [2.45, 2.75) is 43.8 Å². The minimum Gasteiger partial charge on any atom is -0.332 e. The van der Waals surface area contributed by atoms with E-state index in [4.69, 9.17) is 0 Å². The number of rotatable bonds is 6. The van der Waals surface area contributed by atoms with Gasteiger partial charge in [0, 0.05) is 18.4 Å². The molecule has 0 spiro atoms. The van der Waals surface area contributed by atoms with Gasteiger partial charge in [-0.15, -0.1) is 20.4 Å². The quantitative estimate of drug-likeness (QED) is 0.417. The van der Waals surface area contributed by atoms with Crippen molar-refractivity contribution in [2.24, 2.45) is 0 Å². The maximum absolute atomic E-state index is 13.1. The SMILES string of the molecule is CC(C)c1ccc(-n2cnnc2SCC(=O)N2CCC[C@H]2c2nnc3ccccn23)cc1. The molecular weight excluding hydrogens is 422 g/mol. The first-order valence-electron chi connectivity index (χ1n) is 10.8. The van der Waals surface area contributed by atoms with Crippen LogP contribution in [0.2, 0.25) is 0 Å². The van der Waals surface area contributed by atoms with Gasteiger partial charge in [-0.1, -0.05) is 43.8 Å². The zero-order valence-corrected chi connectivity index (χ0v) is 18.9. The first-order valence-corrected chi connectivity index (χ1v) is 11.8. The molecular formula is C23H25N7OS. The first kappa shape index (κ1) is 20.7. The van der Waals surface area contributed by atoms with Gasteiger partial charge < -0.3 is 4.90 Å². The standard InChI is InChI=1S/C23H25N7OS/c1-16(2)17-8-10-18(11-9-17)30-15-24-27-23(30)32-14-21(31)28-13-5-6-19(28)22-26-25-20-7-3-4-12-29(20)22/h3-4,7-12,15-16,19H,5-6,13-14H2,1-2H3/t19-/m0/s1. The van der Waals surface area contributed by atoms with Gasteiger partial charge in [-0.25, -0.2) is 0 Å². The van der Waals surface area contributed by atoms with Crippen molar-refractivity contribution >= 4 is 23.3 Å². The van der Waals surface area contributed by atoms with Crippen LogP contribution >= 0.6 is 11.8 Å². The Balaban J connectivity index is 1.29. The molecule has 3 aromatic heterocycles. The second-order valence-corrected chi connectivity index (χ2v) is 9.19. The lowest BCUT2D eigenvalue weighted by Crippen LogP contribution is -2.33. The molecule has 0 unspecified atom stereocenters. The molecule has 1 saturated heterocycles. The van der Waals surface area contributed by atoms with E-state index in [2.05, 4.69) is 58.5 Å². The zero-order valence-electron chi connectivity index (χ0n) is 18.1. The Morgan fingerprint density at radius 1 is 1.12 bits per heavy atom. The lowest BCUT2D eigenvalue weighted by Gasteiger charge is -2.23. The molecule has 0 N–H and O–H groups in total. The molecule has 9 heteroatoms. The van der Waals surface area contributed by atoms with Crippen LogP contribution in [0.1, 0.15) is 50.0 Å². The lowest BCUT2D eigenvalue weighted by molar-refractivity contribution is -0.129. The van der Waals surface area contributed by atoms with Crippen molar-refractivity contribution < 1.29 is 4.79 Å². The third-order valence-electron chi connectivity index (χ3n) is 5.89. The molecule has 0 saturated carbocycles. The second kappa shape index (κ2) is 8.74. The van der Waals surface area contributed by atoms with Crippen LogP contribution in [0.5, 0.6) is 0 Å². The van der Waals surface area contributed by atoms with Crippen molar-refractivity contribution in [2.75, 3.05) is 12.3 Å². The van der Waals surface area contributed by atoms with Crippen molar-refractivity contribution in [1.82, 2.24) is 34.3 Å². The Morgan fingerprint density at radius 2 is 1.97 bits per heavy atom. The van der Waals surface area contributed by atoms with Crippen LogP contribution in [0.15, 0.2) is 60.1 Å². The minimum atomic E-state index is -0.0538. The van der Waals surface area contributed by atoms with E-state index in [-0.39, 0.29) is 11.9 Å². The number of thioether (sulfide) groups is 1. The molecule has 164 valence electrons. The highest BCUT2D eigenvalue weighted by molar-refractivity contribution is 7.99. The van der Waals surface area contributed by atoms with E-state index in [9.17, 15) is 4.79 Å². The summed E-state index contributed by atoms with van der Waals surface area (Å²) in [5.74, 6) is 1.68. The van der Waals surface area contributed by atoms with Crippen LogP contribution in [0.4, 0.5) is 0 Å². The topological polar surface area (TPSA) is 81.2 Å². The summed E-state index contributed by atoms with van der Waals surface area (Å²) >= 11 is 1.41. The van der Waals surface area contributed by atoms with Gasteiger partial charge >= 0.3 is 0 Å². The van der Waals surface area contributed by atoms with E-state index in [1.807, 2.05) is 38.3 Å². The molecule has 1 aliphatic rings. The number of benzene rings is 1. The third kappa shape index (κ3) is 3.88. The van der Waals surface area contributed by atoms with E-state index in [1.54, 1.807) is 6.33 Å². The fourth-order valence-corrected chi connectivity index (χ4v) is 4.96. The fraction of sp³-hybridized carbons (Fsp3) is 0.348. The Hall–Kier alpha value is -3.20. The molecule has 1 aromatic carbocycles. The number of carbonyl (C=O) groups excluding carboxylic acids is 1. The van der Waals surface area contributed by atoms with Gasteiger partial charge in [0.2, 0.25) is 5.91 Å². The molecule has 1 amide bonds. The van der Waals surface area contributed by atoms with Crippen LogP contribution in [-0.2, 0) is 4.79 Å². The number of hydrogen-bond acceptors (Lipinski definition) is 6. The maximum atomic E-state index is 13.1. The van der Waals surface area contributed by atoms with Crippen molar-refractivity contribution in [3.63, 3.8) is 0 Å². The number of pyridine rings is 1. The van der Waals surface area contributed by atoms with E-state index in [0.29, 0.717) is 16.8 Å². The number of aromatic nitrogens is 6. The van der Waals surface area contributed by atoms with Gasteiger partial charge in [0.25, 0.3) is 0 Å². The summed E-state index contributed by atoms with van der Waals surface area (Å²) in [5, 5.41) is 17.6. The predicted octanol–water partition coefficient (Wildman–Crippen LogP) is 3.89. The lowest BCUT2D eigenvalue weighted by atomic mass is 10.0. The van der Waals surface area contributed by atoms with E-state index in [1.165, 1.54) is 17.3 Å². The van der Waals surface area contributed by atoms with Crippen LogP contribution < -0.4 is 0 Å². The summed E-state index contributed by atoms with van der Waals surface area (Å²) < 4.78 is 3.90. The first-order chi connectivity index (χ1) is 15.6. The van der Waals surface area contributed by atoms with Gasteiger partial charge in [0.1, 0.15) is 6.33 Å². The fourth-order valence-electron chi connectivity index (χ4n) is 4.15. The summed E-state index contributed by atoms with van der Waals surface area (Å²) in [7, 11) is 0. The zero-order chi connectivity index (χ0) is 22.1. The summed E-state index contributed by atoms with van der Waals surface area (Å²) in [5.41, 5.74) is 3.07. The van der Waals surface area contributed by atoms with Gasteiger partial charge in [-0.05, 0) is 48.6 Å². The Kier molecular flexibility index (Phi) is 5.65. The summed E-state index contributed by atoms with van der Waals surface area (Å²) in [4.78, 5) is 15.1. The van der Waals surface area contributed by atoms with Crippen molar-refractivity contribution in [3.8, 4) is 5.69 Å². The van der Waals surface area contributed by atoms with Gasteiger partial charge in [0.05, 0.1) is 11.8 Å². The number of hydrogen-bond donors (Lipinski definition) is 0. The van der Waals surface area contributed by atoms with Crippen LogP contribution in [0.25, 0.3) is 11.3 Å². The molecule has 0 radical (unpaired) electrons. The predicted molar refractivity (Wildman–Crippen MR) is 123 cm³/mol. The molecule has 1 fully saturated rings.